The van der Waals surface area contributed by atoms with E-state index in [9.17, 15) is 0 Å². The molecular formula is C39H36OSi2. The minimum atomic E-state index is -1.06. The number of rotatable bonds is 7. The normalized spacial score (nSPS) is 17.2. The lowest BCUT2D eigenvalue weighted by molar-refractivity contribution is 0.554. The zero-order valence-corrected chi connectivity index (χ0v) is 26.6. The molecule has 4 aromatic carbocycles. The molecule has 0 saturated heterocycles. The van der Waals surface area contributed by atoms with Crippen LogP contribution in [0.1, 0.15) is 69.6 Å². The molecule has 0 radical (unpaired) electrons. The van der Waals surface area contributed by atoms with Gasteiger partial charge in [-0.25, -0.2) is 0 Å². The van der Waals surface area contributed by atoms with Gasteiger partial charge in [-0.1, -0.05) is 135 Å². The Balaban J connectivity index is 1.57. The van der Waals surface area contributed by atoms with Crippen LogP contribution < -0.4 is 0 Å². The highest BCUT2D eigenvalue weighted by Crippen LogP contribution is 2.54. The van der Waals surface area contributed by atoms with Crippen LogP contribution >= 0.6 is 0 Å². The SMILES string of the molecule is CC[Si](CC)=[Si](C1C(c2ccccc2C)=Cc2ccccc21)C1C(c2ccccc2)=C(c2ccco2)c2ccccc21. The summed E-state index contributed by atoms with van der Waals surface area (Å²) in [6, 6.07) is 45.4. The van der Waals surface area contributed by atoms with Crippen molar-refractivity contribution in [2.75, 3.05) is 0 Å². The quantitative estimate of drug-likeness (QED) is 0.176. The van der Waals surface area contributed by atoms with Crippen molar-refractivity contribution >= 4 is 38.6 Å². The number of hydrogen-bond acceptors (Lipinski definition) is 1. The average Bonchev–Trinajstić information content (AvgIpc) is 3.77. The summed E-state index contributed by atoms with van der Waals surface area (Å²) in [6.45, 7) is 7.20. The molecule has 1 nitrogen and oxygen atoms in total. The largest absolute Gasteiger partial charge is 0.464 e. The van der Waals surface area contributed by atoms with Gasteiger partial charge in [0.1, 0.15) is 5.76 Å². The Labute approximate surface area is 252 Å². The van der Waals surface area contributed by atoms with Gasteiger partial charge in [-0.2, -0.15) is 0 Å². The highest BCUT2D eigenvalue weighted by molar-refractivity contribution is 6.99. The van der Waals surface area contributed by atoms with Crippen molar-refractivity contribution < 1.29 is 4.42 Å². The van der Waals surface area contributed by atoms with Gasteiger partial charge in [0.05, 0.1) is 6.26 Å². The number of allylic oxidation sites excluding steroid dienone is 2. The number of benzene rings is 4. The van der Waals surface area contributed by atoms with E-state index in [1.165, 1.54) is 67.8 Å². The molecule has 1 heterocycles. The fourth-order valence-electron chi connectivity index (χ4n) is 7.38. The van der Waals surface area contributed by atoms with E-state index in [2.05, 4.69) is 136 Å². The van der Waals surface area contributed by atoms with Gasteiger partial charge in [0.15, 0.2) is 0 Å². The third-order valence-electron chi connectivity index (χ3n) is 9.22. The standard InChI is InChI=1S/C39H36OSi2/c1-4-41(5-2)42(38-31-21-12-10-19-29(31)26-34(38)30-20-11-9-16-27(30)3)39-33-23-14-13-22-32(33)37(35-24-15-25-40-35)36(39)28-17-7-6-8-18-28/h6-26,38-39H,4-5H2,1-3H3. The molecule has 206 valence electrons. The molecule has 0 bridgehead atoms. The number of fused-ring (bicyclic) bond motifs is 2. The predicted octanol–water partition coefficient (Wildman–Crippen LogP) is 10.2. The van der Waals surface area contributed by atoms with Gasteiger partial charge in [0.2, 0.25) is 0 Å². The Hall–Kier alpha value is -3.93. The van der Waals surface area contributed by atoms with Crippen LogP contribution in [0.5, 0.6) is 0 Å². The van der Waals surface area contributed by atoms with Crippen molar-refractivity contribution in [3.63, 3.8) is 0 Å². The molecule has 0 fully saturated rings. The number of aryl methyl sites for hydroxylation is 1. The van der Waals surface area contributed by atoms with Gasteiger partial charge < -0.3 is 4.42 Å². The molecule has 1 aromatic heterocycles. The fourth-order valence-corrected chi connectivity index (χ4v) is 19.0. The van der Waals surface area contributed by atoms with Gasteiger partial charge in [0.25, 0.3) is 0 Å². The summed E-state index contributed by atoms with van der Waals surface area (Å²) in [7, 11) is -1.76. The van der Waals surface area contributed by atoms with Crippen molar-refractivity contribution in [2.24, 2.45) is 0 Å². The van der Waals surface area contributed by atoms with Crippen molar-refractivity contribution in [1.29, 1.82) is 0 Å². The average molecular weight is 577 g/mol. The second kappa shape index (κ2) is 11.4. The Bertz CT molecular complexity index is 1850. The van der Waals surface area contributed by atoms with Crippen LogP contribution in [0, 0.1) is 6.92 Å². The van der Waals surface area contributed by atoms with Crippen molar-refractivity contribution in [3.05, 3.63) is 166 Å². The monoisotopic (exact) mass is 576 g/mol. The minimum Gasteiger partial charge on any atom is -0.464 e. The van der Waals surface area contributed by atoms with Crippen LogP contribution in [-0.4, -0.2) is 15.8 Å². The van der Waals surface area contributed by atoms with Crippen molar-refractivity contribution in [3.8, 4) is 0 Å². The maximum Gasteiger partial charge on any atom is 0.134 e. The van der Waals surface area contributed by atoms with Crippen molar-refractivity contribution in [1.82, 2.24) is 0 Å². The highest BCUT2D eigenvalue weighted by atomic mass is 28.9. The van der Waals surface area contributed by atoms with Gasteiger partial charge in [0, 0.05) is 24.5 Å². The van der Waals surface area contributed by atoms with Crippen molar-refractivity contribution in [2.45, 2.75) is 43.9 Å². The third-order valence-corrected chi connectivity index (χ3v) is 20.5. The molecule has 2 aliphatic rings. The zero-order chi connectivity index (χ0) is 28.6. The van der Waals surface area contributed by atoms with E-state index in [4.69, 9.17) is 4.42 Å². The summed E-state index contributed by atoms with van der Waals surface area (Å²) >= 11 is 0. The fraction of sp³-hybridized carbons (Fsp3) is 0.179. The van der Waals surface area contributed by atoms with Crippen LogP contribution in [0.15, 0.2) is 126 Å². The van der Waals surface area contributed by atoms with Gasteiger partial charge in [-0.3, -0.25) is 0 Å². The van der Waals surface area contributed by atoms with Crippen LogP contribution in [0.3, 0.4) is 0 Å². The molecule has 2 atom stereocenters. The lowest BCUT2D eigenvalue weighted by Gasteiger charge is -2.31. The summed E-state index contributed by atoms with van der Waals surface area (Å²) in [5, 5.41) is 0. The van der Waals surface area contributed by atoms with Crippen LogP contribution in [0.2, 0.25) is 12.1 Å². The van der Waals surface area contributed by atoms with E-state index >= 15 is 0 Å². The van der Waals surface area contributed by atoms with Crippen LogP contribution in [-0.2, 0) is 0 Å². The van der Waals surface area contributed by atoms with Gasteiger partial charge in [-0.05, 0) is 77.0 Å². The lowest BCUT2D eigenvalue weighted by atomic mass is 9.98. The lowest BCUT2D eigenvalue weighted by Crippen LogP contribution is -2.32. The predicted molar refractivity (Wildman–Crippen MR) is 181 cm³/mol. The molecule has 0 aliphatic heterocycles. The molecule has 2 aliphatic carbocycles. The number of hydrogen-bond donors (Lipinski definition) is 0. The molecule has 2 unspecified atom stereocenters. The summed E-state index contributed by atoms with van der Waals surface area (Å²) in [6.07, 6.45) is 4.35. The van der Waals surface area contributed by atoms with Gasteiger partial charge in [-0.15, -0.1) is 0 Å². The zero-order valence-electron chi connectivity index (χ0n) is 24.6. The Kier molecular flexibility index (Phi) is 7.31. The summed E-state index contributed by atoms with van der Waals surface area (Å²) in [5.41, 5.74) is 15.0. The Morgan fingerprint density at radius 3 is 2.02 bits per heavy atom. The molecule has 0 saturated carbocycles. The van der Waals surface area contributed by atoms with E-state index in [0.717, 1.165) is 5.76 Å². The van der Waals surface area contributed by atoms with E-state index < -0.39 is 15.8 Å². The molecule has 0 amide bonds. The Morgan fingerprint density at radius 2 is 1.31 bits per heavy atom. The molecule has 5 aromatic rings. The summed E-state index contributed by atoms with van der Waals surface area (Å²) in [4.78, 5) is 0. The molecule has 3 heteroatoms. The third kappa shape index (κ3) is 4.43. The summed E-state index contributed by atoms with van der Waals surface area (Å²) < 4.78 is 6.21. The van der Waals surface area contributed by atoms with Gasteiger partial charge >= 0.3 is 0 Å². The topological polar surface area (TPSA) is 13.1 Å². The highest BCUT2D eigenvalue weighted by Gasteiger charge is 2.42. The summed E-state index contributed by atoms with van der Waals surface area (Å²) in [5.74, 6) is 0.980. The minimum absolute atomic E-state index is 0.367. The maximum atomic E-state index is 6.21. The first-order valence-corrected chi connectivity index (χ1v) is 19.8. The molecule has 42 heavy (non-hydrogen) atoms. The van der Waals surface area contributed by atoms with E-state index in [1.54, 1.807) is 0 Å². The maximum absolute atomic E-state index is 6.21. The first-order chi connectivity index (χ1) is 20.7. The van der Waals surface area contributed by atoms with E-state index in [1.807, 2.05) is 12.3 Å². The molecule has 0 N–H and O–H groups in total. The Morgan fingerprint density at radius 1 is 0.643 bits per heavy atom. The second-order valence-electron chi connectivity index (χ2n) is 11.4. The molecule has 0 spiro atoms. The van der Waals surface area contributed by atoms with Crippen LogP contribution in [0.4, 0.5) is 0 Å². The smallest absolute Gasteiger partial charge is 0.134 e. The van der Waals surface area contributed by atoms with E-state index in [-0.39, 0.29) is 0 Å². The number of furan rings is 1. The van der Waals surface area contributed by atoms with E-state index in [0.29, 0.717) is 11.1 Å². The molecular weight excluding hydrogens is 541 g/mol. The van der Waals surface area contributed by atoms with Crippen LogP contribution in [0.25, 0.3) is 22.8 Å². The first-order valence-electron chi connectivity index (χ1n) is 15.2. The first kappa shape index (κ1) is 26.9. The molecule has 7 rings (SSSR count). The second-order valence-corrected chi connectivity index (χ2v) is 19.9.